The molecular weight excluding hydrogens is 504 g/mol. The lowest BCUT2D eigenvalue weighted by Crippen LogP contribution is -2.56. The lowest BCUT2D eigenvalue weighted by atomic mass is 9.74. The highest BCUT2D eigenvalue weighted by molar-refractivity contribution is 7.92. The van der Waals surface area contributed by atoms with Crippen molar-refractivity contribution in [3.63, 3.8) is 0 Å². The van der Waals surface area contributed by atoms with Gasteiger partial charge in [-0.1, -0.05) is 48.5 Å². The van der Waals surface area contributed by atoms with E-state index in [0.29, 0.717) is 43.7 Å². The Hall–Kier alpha value is -3.17. The summed E-state index contributed by atoms with van der Waals surface area (Å²) in [6, 6.07) is 14.8. The van der Waals surface area contributed by atoms with Crippen molar-refractivity contribution < 1.29 is 25.5 Å². The molecule has 2 heterocycles. The number of hydrogen-bond acceptors (Lipinski definition) is 7. The number of nitrogens with two attached hydrogens (primary N) is 1. The van der Waals surface area contributed by atoms with Gasteiger partial charge in [-0.15, -0.1) is 0 Å². The van der Waals surface area contributed by atoms with Crippen LogP contribution in [0.2, 0.25) is 0 Å². The molecule has 0 aliphatic carbocycles. The van der Waals surface area contributed by atoms with Crippen LogP contribution < -0.4 is 15.4 Å². The topological polar surface area (TPSA) is 122 Å². The molecule has 1 spiro atoms. The van der Waals surface area contributed by atoms with E-state index in [4.69, 9.17) is 13.2 Å². The Morgan fingerprint density at radius 1 is 1.18 bits per heavy atom. The van der Waals surface area contributed by atoms with Crippen LogP contribution in [-0.4, -0.2) is 69.2 Å². The molecule has 1 fully saturated rings. The maximum atomic E-state index is 12.8. The summed E-state index contributed by atoms with van der Waals surface area (Å²) in [5.41, 5.74) is 6.39. The number of anilines is 1. The van der Waals surface area contributed by atoms with Gasteiger partial charge in [-0.25, -0.2) is 13.2 Å². The summed E-state index contributed by atoms with van der Waals surface area (Å²) in [6.07, 6.45) is 2.33. The number of nitrogens with one attached hydrogen (secondary N) is 1. The van der Waals surface area contributed by atoms with Gasteiger partial charge in [0.05, 0.1) is 33.4 Å². The predicted octanol–water partition coefficient (Wildman–Crippen LogP) is 1.95. The Balaban J connectivity index is 1.55. The summed E-state index contributed by atoms with van der Waals surface area (Å²) >= 11 is 0. The number of fused-ring (bicyclic) bond motifs is 2. The van der Waals surface area contributed by atoms with Gasteiger partial charge in [-0.05, 0) is 43.9 Å². The van der Waals surface area contributed by atoms with Crippen molar-refractivity contribution in [2.45, 2.75) is 50.2 Å². The van der Waals surface area contributed by atoms with Crippen LogP contribution >= 0.6 is 0 Å². The van der Waals surface area contributed by atoms with E-state index < -0.39 is 39.5 Å². The molecule has 10 heteroatoms. The van der Waals surface area contributed by atoms with Gasteiger partial charge in [0.2, 0.25) is 15.9 Å². The summed E-state index contributed by atoms with van der Waals surface area (Å²) in [4.78, 5) is 27.0. The Morgan fingerprint density at radius 2 is 1.82 bits per heavy atom. The van der Waals surface area contributed by atoms with Gasteiger partial charge in [0.15, 0.2) is 0 Å². The fourth-order valence-corrected chi connectivity index (χ4v) is 6.09. The van der Waals surface area contributed by atoms with Crippen LogP contribution in [0.15, 0.2) is 60.3 Å². The normalized spacial score (nSPS) is 18.7. The molecule has 2 aliphatic heterocycles. The van der Waals surface area contributed by atoms with Crippen LogP contribution in [0.25, 0.3) is 0 Å². The minimum Gasteiger partial charge on any atom is -0.374 e. The summed E-state index contributed by atoms with van der Waals surface area (Å²) in [5, 5.41) is 2.75. The molecule has 4 rings (SSSR count). The lowest BCUT2D eigenvalue weighted by Gasteiger charge is -2.42. The van der Waals surface area contributed by atoms with E-state index in [1.54, 1.807) is 35.2 Å². The first kappa shape index (κ1) is 25.1. The highest BCUT2D eigenvalue weighted by Gasteiger charge is 2.47. The van der Waals surface area contributed by atoms with Gasteiger partial charge in [-0.3, -0.25) is 9.10 Å². The van der Waals surface area contributed by atoms with Crippen LogP contribution in [-0.2, 0) is 36.3 Å². The molecule has 0 aromatic heterocycles. The predicted molar refractivity (Wildman–Crippen MR) is 147 cm³/mol. The minimum absolute atomic E-state index is 0.127. The highest BCUT2D eigenvalue weighted by Crippen LogP contribution is 2.48. The van der Waals surface area contributed by atoms with Gasteiger partial charge in [0, 0.05) is 25.0 Å². The van der Waals surface area contributed by atoms with E-state index in [1.165, 1.54) is 24.4 Å². The summed E-state index contributed by atoms with van der Waals surface area (Å²) in [7, 11) is -3.47. The molecule has 1 amide bonds. The molecule has 0 radical (unpaired) electrons. The second-order valence-electron chi connectivity index (χ2n) is 10.6. The van der Waals surface area contributed by atoms with Crippen molar-refractivity contribution in [1.82, 2.24) is 10.2 Å². The third-order valence-electron chi connectivity index (χ3n) is 7.19. The first-order valence-electron chi connectivity index (χ1n) is 13.5. The van der Waals surface area contributed by atoms with Crippen LogP contribution in [0.1, 0.15) is 40.6 Å². The minimum atomic E-state index is -3.47. The zero-order chi connectivity index (χ0) is 29.3. The first-order valence-corrected chi connectivity index (χ1v) is 14.4. The molecule has 2 aliphatic rings. The quantitative estimate of drug-likeness (QED) is 0.465. The van der Waals surface area contributed by atoms with Crippen LogP contribution in [0.5, 0.6) is 0 Å². The number of sulfonamides is 1. The summed E-state index contributed by atoms with van der Waals surface area (Å²) in [6.45, 7) is 1.68. The van der Waals surface area contributed by atoms with Crippen molar-refractivity contribution in [1.29, 1.82) is 0 Å². The summed E-state index contributed by atoms with van der Waals surface area (Å²) < 4.78 is 48.9. The number of nitrogens with zero attached hydrogens (tertiary/aromatic N) is 2. The zero-order valence-electron chi connectivity index (χ0n) is 23.9. The standard InChI is InChI=1S/C28H36N4O5S/c1-27(2,29)26(34)30-23(19-37-18-21-9-5-4-6-10-21)25(17-33)31-15-13-28(14-16-31)20-32(38(3,35)36)24-12-8-7-11-22(24)28/h4-12,23H,13-16,18-20,29H2,1-3H3,(H,30,34)/t23-/m0/s1/i18D2. The van der Waals surface area contributed by atoms with E-state index in [9.17, 15) is 18.0 Å². The number of hydrogen-bond donors (Lipinski definition) is 2. The number of piperidine rings is 1. The molecule has 2 aromatic carbocycles. The Morgan fingerprint density at radius 3 is 2.42 bits per heavy atom. The van der Waals surface area contributed by atoms with Crippen molar-refractivity contribution in [3.8, 4) is 0 Å². The van der Waals surface area contributed by atoms with Crippen LogP contribution in [0, 0.1) is 0 Å². The van der Waals surface area contributed by atoms with Crippen molar-refractivity contribution in [2.75, 3.05) is 36.8 Å². The lowest BCUT2D eigenvalue weighted by molar-refractivity contribution is -0.126. The smallest absolute Gasteiger partial charge is 0.240 e. The van der Waals surface area contributed by atoms with E-state index in [0.717, 1.165) is 5.56 Å². The van der Waals surface area contributed by atoms with E-state index in [-0.39, 0.29) is 12.3 Å². The molecule has 3 N–H and O–H groups in total. The SMILES string of the molecule is [2H]C([2H])(OC[C@H](NC(=O)C(C)(C)N)C(=C=O)N1CCC2(CC1)CN(S(C)(=O)=O)c1ccccc12)c1ccccc1. The number of ether oxygens (including phenoxy) is 1. The number of rotatable bonds is 9. The number of para-hydroxylation sites is 1. The average Bonchev–Trinajstić information content (AvgIpc) is 3.23. The van der Waals surface area contributed by atoms with Crippen molar-refractivity contribution in [3.05, 3.63) is 71.4 Å². The number of carbonyl (C=O) groups is 1. The van der Waals surface area contributed by atoms with Gasteiger partial charge in [0.1, 0.15) is 17.7 Å². The van der Waals surface area contributed by atoms with Crippen LogP contribution in [0.3, 0.4) is 0 Å². The molecule has 9 nitrogen and oxygen atoms in total. The number of amides is 1. The third-order valence-corrected chi connectivity index (χ3v) is 8.32. The van der Waals surface area contributed by atoms with Gasteiger partial charge in [0.25, 0.3) is 0 Å². The fraction of sp³-hybridized carbons (Fsp3) is 0.464. The molecule has 204 valence electrons. The summed E-state index contributed by atoms with van der Waals surface area (Å²) in [5.74, 6) is 1.43. The van der Waals surface area contributed by atoms with Gasteiger partial charge < -0.3 is 20.7 Å². The van der Waals surface area contributed by atoms with Crippen LogP contribution in [0.4, 0.5) is 5.69 Å². The van der Waals surface area contributed by atoms with Crippen molar-refractivity contribution >= 4 is 27.6 Å². The Bertz CT molecular complexity index is 1400. The molecule has 1 atom stereocenters. The Kier molecular flexibility index (Phi) is 7.21. The molecule has 1 saturated heterocycles. The highest BCUT2D eigenvalue weighted by atomic mass is 32.2. The Labute approximate surface area is 227 Å². The van der Waals surface area contributed by atoms with Crippen molar-refractivity contribution in [2.24, 2.45) is 5.73 Å². The monoisotopic (exact) mass is 542 g/mol. The fourth-order valence-electron chi connectivity index (χ4n) is 5.09. The molecular formula is C28H36N4O5S. The third kappa shape index (κ3) is 5.94. The maximum Gasteiger partial charge on any atom is 0.240 e. The largest absolute Gasteiger partial charge is 0.374 e. The van der Waals surface area contributed by atoms with E-state index in [1.807, 2.05) is 30.2 Å². The van der Waals surface area contributed by atoms with E-state index >= 15 is 0 Å². The average molecular weight is 543 g/mol. The molecule has 0 saturated carbocycles. The number of carbonyl (C=O) groups excluding carboxylic acids is 2. The molecule has 38 heavy (non-hydrogen) atoms. The maximum absolute atomic E-state index is 12.8. The first-order chi connectivity index (χ1) is 18.7. The van der Waals surface area contributed by atoms with Gasteiger partial charge in [-0.2, -0.15) is 0 Å². The zero-order valence-corrected chi connectivity index (χ0v) is 22.8. The van der Waals surface area contributed by atoms with E-state index in [2.05, 4.69) is 5.32 Å². The second kappa shape index (κ2) is 10.9. The molecule has 0 unspecified atom stereocenters. The molecule has 2 aromatic rings. The number of benzene rings is 2. The number of likely N-dealkylation sites (tertiary alicyclic amines) is 1. The molecule has 0 bridgehead atoms. The second-order valence-corrected chi connectivity index (χ2v) is 12.5. The van der Waals surface area contributed by atoms with Gasteiger partial charge >= 0.3 is 0 Å².